The van der Waals surface area contributed by atoms with Crippen molar-refractivity contribution in [1.29, 1.82) is 0 Å². The molecule has 0 fully saturated rings. The van der Waals surface area contributed by atoms with Gasteiger partial charge in [-0.15, -0.1) is 11.3 Å². The van der Waals surface area contributed by atoms with Crippen molar-refractivity contribution in [2.75, 3.05) is 10.8 Å². The van der Waals surface area contributed by atoms with Crippen LogP contribution in [-0.4, -0.2) is 36.3 Å². The van der Waals surface area contributed by atoms with E-state index in [1.54, 1.807) is 6.92 Å². The molecule has 0 saturated heterocycles. The highest BCUT2D eigenvalue weighted by atomic mass is 32.2. The van der Waals surface area contributed by atoms with Crippen LogP contribution in [0.3, 0.4) is 0 Å². The van der Waals surface area contributed by atoms with Crippen LogP contribution in [-0.2, 0) is 10.0 Å². The number of pyridine rings is 1. The van der Waals surface area contributed by atoms with Gasteiger partial charge in [0.15, 0.2) is 5.82 Å². The number of fused-ring (bicyclic) bond motifs is 1. The minimum atomic E-state index is -4.33. The third kappa shape index (κ3) is 4.85. The Morgan fingerprint density at radius 1 is 1.18 bits per heavy atom. The molecular weight excluding hydrogens is 493 g/mol. The largest absolute Gasteiger partial charge is 0.439 e. The summed E-state index contributed by atoms with van der Waals surface area (Å²) < 4.78 is 72.2. The van der Waals surface area contributed by atoms with E-state index in [-0.39, 0.29) is 35.7 Å². The number of sulfonamides is 1. The molecular formula is C21H19F3N4O4S2. The van der Waals surface area contributed by atoms with Crippen LogP contribution in [0.2, 0.25) is 0 Å². The second-order valence-corrected chi connectivity index (χ2v) is 10.4. The molecule has 4 rings (SSSR count). The van der Waals surface area contributed by atoms with Crippen molar-refractivity contribution < 1.29 is 26.1 Å². The summed E-state index contributed by atoms with van der Waals surface area (Å²) in [4.78, 5) is 17.4. The molecule has 0 amide bonds. The monoisotopic (exact) mass is 512 g/mol. The predicted octanol–water partition coefficient (Wildman–Crippen LogP) is 4.88. The maximum atomic E-state index is 13.9. The quantitative estimate of drug-likeness (QED) is 0.337. The number of aromatic amines is 1. The number of halogens is 3. The van der Waals surface area contributed by atoms with E-state index in [4.69, 9.17) is 0 Å². The van der Waals surface area contributed by atoms with Gasteiger partial charge in [-0.2, -0.15) is 13.2 Å². The first-order chi connectivity index (χ1) is 16.1. The number of hydrogen-bond acceptors (Lipinski definition) is 7. The van der Waals surface area contributed by atoms with Gasteiger partial charge in [-0.25, -0.2) is 13.2 Å². The summed E-state index contributed by atoms with van der Waals surface area (Å²) >= 11 is 1.24. The zero-order valence-electron chi connectivity index (χ0n) is 17.8. The van der Waals surface area contributed by atoms with Gasteiger partial charge in [0.1, 0.15) is 9.90 Å². The molecule has 1 N–H and O–H groups in total. The molecule has 1 aromatic carbocycles. The van der Waals surface area contributed by atoms with E-state index in [1.807, 2.05) is 24.3 Å². The van der Waals surface area contributed by atoms with Crippen LogP contribution in [0.15, 0.2) is 56.9 Å². The fraction of sp³-hybridized carbons (Fsp3) is 0.286. The second-order valence-electron chi connectivity index (χ2n) is 7.49. The molecule has 0 bridgehead atoms. The average molecular weight is 513 g/mol. The van der Waals surface area contributed by atoms with Crippen molar-refractivity contribution in [3.8, 4) is 11.4 Å². The number of alkyl halides is 3. The van der Waals surface area contributed by atoms with Gasteiger partial charge in [-0.05, 0) is 42.8 Å². The Labute approximate surface area is 196 Å². The number of nitrogens with zero attached hydrogens (tertiary/aromatic N) is 3. The van der Waals surface area contributed by atoms with E-state index in [9.17, 15) is 26.4 Å². The van der Waals surface area contributed by atoms with Gasteiger partial charge < -0.3 is 0 Å². The van der Waals surface area contributed by atoms with E-state index in [1.165, 1.54) is 23.6 Å². The van der Waals surface area contributed by atoms with Crippen molar-refractivity contribution in [3.63, 3.8) is 0 Å². The number of thiophene rings is 1. The highest BCUT2D eigenvalue weighted by Gasteiger charge is 2.32. The Bertz CT molecular complexity index is 1470. The first-order valence-corrected chi connectivity index (χ1v) is 12.4. The van der Waals surface area contributed by atoms with Gasteiger partial charge in [0.2, 0.25) is 0 Å². The molecule has 3 heterocycles. The average Bonchev–Trinajstić information content (AvgIpc) is 3.36. The molecule has 0 radical (unpaired) electrons. The lowest BCUT2D eigenvalue weighted by Crippen LogP contribution is -2.32. The van der Waals surface area contributed by atoms with Crippen LogP contribution in [0.1, 0.15) is 24.8 Å². The maximum absolute atomic E-state index is 13.9. The van der Waals surface area contributed by atoms with Gasteiger partial charge in [0.25, 0.3) is 10.0 Å². The van der Waals surface area contributed by atoms with E-state index in [2.05, 4.69) is 19.6 Å². The van der Waals surface area contributed by atoms with Crippen LogP contribution >= 0.6 is 11.3 Å². The van der Waals surface area contributed by atoms with Crippen molar-refractivity contribution in [2.45, 2.75) is 37.3 Å². The first-order valence-electron chi connectivity index (χ1n) is 10.2. The molecule has 3 aromatic heterocycles. The summed E-state index contributed by atoms with van der Waals surface area (Å²) in [7, 11) is -4.31. The van der Waals surface area contributed by atoms with Crippen LogP contribution in [0, 0.1) is 6.92 Å². The highest BCUT2D eigenvalue weighted by molar-refractivity contribution is 7.93. The van der Waals surface area contributed by atoms with Gasteiger partial charge in [-0.3, -0.25) is 18.8 Å². The number of H-pyrrole nitrogens is 1. The smallest absolute Gasteiger partial charge is 0.296 e. The number of hydrogen-bond donors (Lipinski definition) is 1. The fourth-order valence-corrected chi connectivity index (χ4v) is 6.70. The molecule has 8 nitrogen and oxygen atoms in total. The number of benzene rings is 1. The number of nitrogens with one attached hydrogen (secondary N) is 1. The van der Waals surface area contributed by atoms with E-state index >= 15 is 0 Å². The van der Waals surface area contributed by atoms with Crippen molar-refractivity contribution >= 4 is 36.4 Å². The van der Waals surface area contributed by atoms with Crippen LogP contribution in [0.4, 0.5) is 18.2 Å². The molecule has 13 heteroatoms. The lowest BCUT2D eigenvalue weighted by atomic mass is 10.2. The lowest BCUT2D eigenvalue weighted by molar-refractivity contribution is -0.135. The molecule has 0 aliphatic carbocycles. The molecule has 180 valence electrons. The second kappa shape index (κ2) is 9.22. The fourth-order valence-electron chi connectivity index (χ4n) is 3.56. The van der Waals surface area contributed by atoms with E-state index in [0.29, 0.717) is 10.6 Å². The molecule has 0 aliphatic rings. The van der Waals surface area contributed by atoms with Gasteiger partial charge in [0.05, 0.1) is 0 Å². The SMILES string of the molecule is Cc1c(N(CCCCC(F)(F)F)S(=O)(=O)c2cnccc2-c2noc(=O)[nH]2)sc2ccccc12. The summed E-state index contributed by atoms with van der Waals surface area (Å²) in [6.07, 6.45) is -3.13. The third-order valence-corrected chi connectivity index (χ3v) is 8.40. The lowest BCUT2D eigenvalue weighted by Gasteiger charge is -2.24. The minimum Gasteiger partial charge on any atom is -0.296 e. The van der Waals surface area contributed by atoms with Crippen LogP contribution in [0.25, 0.3) is 21.5 Å². The maximum Gasteiger partial charge on any atom is 0.439 e. The molecule has 0 spiro atoms. The zero-order chi connectivity index (χ0) is 24.5. The van der Waals surface area contributed by atoms with Crippen molar-refractivity contribution in [3.05, 3.63) is 58.8 Å². The number of anilines is 1. The first kappa shape index (κ1) is 24.0. The number of unbranched alkanes of at least 4 members (excludes halogenated alkanes) is 1. The van der Waals surface area contributed by atoms with Gasteiger partial charge >= 0.3 is 11.9 Å². The van der Waals surface area contributed by atoms with E-state index < -0.39 is 28.4 Å². The number of aromatic nitrogens is 3. The van der Waals surface area contributed by atoms with Gasteiger partial charge in [0, 0.05) is 35.6 Å². The summed E-state index contributed by atoms with van der Waals surface area (Å²) in [6.45, 7) is 1.60. The van der Waals surface area contributed by atoms with Gasteiger partial charge in [-0.1, -0.05) is 23.4 Å². The Hall–Kier alpha value is -3.19. The zero-order valence-corrected chi connectivity index (χ0v) is 19.4. The molecule has 0 unspecified atom stereocenters. The predicted molar refractivity (Wildman–Crippen MR) is 121 cm³/mol. The topological polar surface area (TPSA) is 109 Å². The molecule has 0 saturated carbocycles. The minimum absolute atomic E-state index is 0.0111. The highest BCUT2D eigenvalue weighted by Crippen LogP contribution is 2.41. The summed E-state index contributed by atoms with van der Waals surface area (Å²) in [5.41, 5.74) is 0.750. The number of aryl methyl sites for hydroxylation is 1. The standard InChI is InChI=1S/C21H19F3N4O4S2/c1-13-14-6-2-3-7-16(14)33-19(13)28(11-5-4-9-21(22,23)24)34(30,31)17-12-25-10-8-15(17)18-26-20(29)32-27-18/h2-3,6-8,10,12H,4-5,9,11H2,1H3,(H,26,27,29). The van der Waals surface area contributed by atoms with Crippen molar-refractivity contribution in [1.82, 2.24) is 15.1 Å². The normalized spacial score (nSPS) is 12.4. The van der Waals surface area contributed by atoms with Crippen LogP contribution in [0.5, 0.6) is 0 Å². The van der Waals surface area contributed by atoms with Crippen LogP contribution < -0.4 is 10.1 Å². The molecule has 4 aromatic rings. The number of rotatable bonds is 8. The Morgan fingerprint density at radius 2 is 1.94 bits per heavy atom. The molecule has 34 heavy (non-hydrogen) atoms. The Kier molecular flexibility index (Phi) is 6.49. The van der Waals surface area contributed by atoms with Crippen molar-refractivity contribution in [2.24, 2.45) is 0 Å². The summed E-state index contributed by atoms with van der Waals surface area (Å²) in [5.74, 6) is -0.962. The Balaban J connectivity index is 1.80. The summed E-state index contributed by atoms with van der Waals surface area (Å²) in [5, 5.41) is 4.82. The third-order valence-electron chi connectivity index (χ3n) is 5.16. The molecule has 0 atom stereocenters. The Morgan fingerprint density at radius 3 is 2.62 bits per heavy atom. The molecule has 0 aliphatic heterocycles. The summed E-state index contributed by atoms with van der Waals surface area (Å²) in [6, 6.07) is 8.72. The van der Waals surface area contributed by atoms with E-state index in [0.717, 1.165) is 20.6 Å².